The lowest BCUT2D eigenvalue weighted by molar-refractivity contribution is 0.0942. The Kier molecular flexibility index (Phi) is 4.27. The van der Waals surface area contributed by atoms with Gasteiger partial charge in [0.2, 0.25) is 0 Å². The third-order valence-corrected chi connectivity index (χ3v) is 2.77. The van der Waals surface area contributed by atoms with E-state index < -0.39 is 0 Å². The van der Waals surface area contributed by atoms with Crippen molar-refractivity contribution in [2.45, 2.75) is 19.9 Å². The number of H-pyrrole nitrogens is 1. The topological polar surface area (TPSA) is 100 Å². The van der Waals surface area contributed by atoms with Gasteiger partial charge in [0.05, 0.1) is 0 Å². The quantitative estimate of drug-likeness (QED) is 0.691. The maximum Gasteiger partial charge on any atom is 0.272 e. The van der Waals surface area contributed by atoms with E-state index in [1.807, 2.05) is 13.8 Å². The van der Waals surface area contributed by atoms with Crippen LogP contribution in [0.2, 0.25) is 0 Å². The molecule has 1 heterocycles. The van der Waals surface area contributed by atoms with Gasteiger partial charge in [-0.2, -0.15) is 0 Å². The molecule has 1 aromatic carbocycles. The van der Waals surface area contributed by atoms with Crippen molar-refractivity contribution in [2.75, 3.05) is 11.1 Å². The van der Waals surface area contributed by atoms with Crippen molar-refractivity contribution in [3.05, 3.63) is 47.8 Å². The maximum atomic E-state index is 11.9. The average Bonchev–Trinajstić information content (AvgIpc) is 2.85. The Bertz CT molecular complexity index is 644. The average molecular weight is 286 g/mol. The molecule has 110 valence electrons. The number of nitrogens with two attached hydrogens (primary N) is 1. The Labute approximate surface area is 122 Å². The summed E-state index contributed by atoms with van der Waals surface area (Å²) >= 11 is 0. The summed E-state index contributed by atoms with van der Waals surface area (Å²) in [5, 5.41) is 5.52. The number of rotatable bonds is 4. The summed E-state index contributed by atoms with van der Waals surface area (Å²) in [6.45, 7) is 3.79. The molecule has 2 rings (SSSR count). The second-order valence-electron chi connectivity index (χ2n) is 5.01. The van der Waals surface area contributed by atoms with Gasteiger partial charge in [0.1, 0.15) is 5.69 Å². The molecule has 6 heteroatoms. The van der Waals surface area contributed by atoms with Crippen molar-refractivity contribution in [1.82, 2.24) is 10.3 Å². The summed E-state index contributed by atoms with van der Waals surface area (Å²) in [4.78, 5) is 26.5. The molecule has 2 amide bonds. The number of hydrogen-bond donors (Lipinski definition) is 4. The van der Waals surface area contributed by atoms with Gasteiger partial charge in [-0.05, 0) is 44.2 Å². The summed E-state index contributed by atoms with van der Waals surface area (Å²) < 4.78 is 0. The van der Waals surface area contributed by atoms with E-state index in [1.165, 1.54) is 0 Å². The standard InChI is InChI=1S/C15H18N4O2/c1-9(2)18-14(20)10-3-5-12(6-4-10)19-15(21)13-7-11(16)8-17-13/h3-9,17H,16H2,1-2H3,(H,18,20)(H,19,21). The molecule has 0 fully saturated rings. The molecule has 5 N–H and O–H groups in total. The number of carbonyl (C=O) groups is 2. The number of aromatic nitrogens is 1. The Morgan fingerprint density at radius 3 is 2.33 bits per heavy atom. The highest BCUT2D eigenvalue weighted by molar-refractivity contribution is 6.04. The minimum atomic E-state index is -0.286. The highest BCUT2D eigenvalue weighted by Gasteiger charge is 2.10. The predicted molar refractivity (Wildman–Crippen MR) is 82.2 cm³/mol. The third-order valence-electron chi connectivity index (χ3n) is 2.77. The normalized spacial score (nSPS) is 10.4. The van der Waals surface area contributed by atoms with E-state index in [9.17, 15) is 9.59 Å². The van der Waals surface area contributed by atoms with Crippen LogP contribution in [0.15, 0.2) is 36.5 Å². The molecular weight excluding hydrogens is 268 g/mol. The van der Waals surface area contributed by atoms with E-state index in [0.717, 1.165) is 0 Å². The molecule has 0 saturated carbocycles. The summed E-state index contributed by atoms with van der Waals surface area (Å²) in [6.07, 6.45) is 1.55. The number of benzene rings is 1. The molecule has 0 radical (unpaired) electrons. The lowest BCUT2D eigenvalue weighted by Gasteiger charge is -2.09. The van der Waals surface area contributed by atoms with Crippen LogP contribution < -0.4 is 16.4 Å². The van der Waals surface area contributed by atoms with Gasteiger partial charge in [-0.3, -0.25) is 9.59 Å². The van der Waals surface area contributed by atoms with E-state index in [0.29, 0.717) is 22.6 Å². The van der Waals surface area contributed by atoms with E-state index in [1.54, 1.807) is 36.5 Å². The fourth-order valence-electron chi connectivity index (χ4n) is 1.79. The van der Waals surface area contributed by atoms with Crippen LogP contribution >= 0.6 is 0 Å². The molecule has 0 aliphatic carbocycles. The van der Waals surface area contributed by atoms with Gasteiger partial charge in [0.15, 0.2) is 0 Å². The van der Waals surface area contributed by atoms with Crippen LogP contribution in [0.4, 0.5) is 11.4 Å². The molecular formula is C15H18N4O2. The Morgan fingerprint density at radius 1 is 1.14 bits per heavy atom. The van der Waals surface area contributed by atoms with Gasteiger partial charge in [0, 0.05) is 29.2 Å². The van der Waals surface area contributed by atoms with Crippen LogP contribution in [0, 0.1) is 0 Å². The fraction of sp³-hybridized carbons (Fsp3) is 0.200. The van der Waals surface area contributed by atoms with Crippen molar-refractivity contribution in [3.63, 3.8) is 0 Å². The number of amides is 2. The zero-order valence-corrected chi connectivity index (χ0v) is 11.9. The summed E-state index contributed by atoms with van der Waals surface area (Å²) in [6, 6.07) is 8.32. The number of nitrogens with one attached hydrogen (secondary N) is 3. The first-order valence-corrected chi connectivity index (χ1v) is 6.62. The third kappa shape index (κ3) is 3.85. The van der Waals surface area contributed by atoms with Gasteiger partial charge in [-0.25, -0.2) is 0 Å². The Hall–Kier alpha value is -2.76. The first-order valence-electron chi connectivity index (χ1n) is 6.62. The minimum absolute atomic E-state index is 0.0789. The van der Waals surface area contributed by atoms with E-state index in [-0.39, 0.29) is 17.9 Å². The lowest BCUT2D eigenvalue weighted by Crippen LogP contribution is -2.30. The minimum Gasteiger partial charge on any atom is -0.397 e. The molecule has 0 saturated heterocycles. The zero-order chi connectivity index (χ0) is 15.4. The smallest absolute Gasteiger partial charge is 0.272 e. The highest BCUT2D eigenvalue weighted by atomic mass is 16.2. The maximum absolute atomic E-state index is 11.9. The van der Waals surface area contributed by atoms with Crippen molar-refractivity contribution >= 4 is 23.2 Å². The molecule has 0 spiro atoms. The lowest BCUT2D eigenvalue weighted by atomic mass is 10.2. The number of nitrogen functional groups attached to an aromatic ring is 1. The van der Waals surface area contributed by atoms with Crippen LogP contribution in [0.25, 0.3) is 0 Å². The molecule has 6 nitrogen and oxygen atoms in total. The number of carbonyl (C=O) groups excluding carboxylic acids is 2. The van der Waals surface area contributed by atoms with E-state index in [2.05, 4.69) is 15.6 Å². The van der Waals surface area contributed by atoms with Gasteiger partial charge < -0.3 is 21.4 Å². The Morgan fingerprint density at radius 2 is 1.81 bits per heavy atom. The first-order chi connectivity index (χ1) is 9.95. The van der Waals surface area contributed by atoms with Crippen molar-refractivity contribution < 1.29 is 9.59 Å². The second kappa shape index (κ2) is 6.13. The van der Waals surface area contributed by atoms with Gasteiger partial charge in [-0.15, -0.1) is 0 Å². The molecule has 0 aliphatic heterocycles. The summed E-state index contributed by atoms with van der Waals surface area (Å²) in [7, 11) is 0. The predicted octanol–water partition coefficient (Wildman–Crippen LogP) is 1.99. The molecule has 21 heavy (non-hydrogen) atoms. The SMILES string of the molecule is CC(C)NC(=O)c1ccc(NC(=O)c2cc(N)c[nH]2)cc1. The molecule has 0 atom stereocenters. The van der Waals surface area contributed by atoms with Crippen LogP contribution in [0.5, 0.6) is 0 Å². The second-order valence-corrected chi connectivity index (χ2v) is 5.01. The van der Waals surface area contributed by atoms with Crippen LogP contribution in [-0.4, -0.2) is 22.8 Å². The van der Waals surface area contributed by atoms with Crippen molar-refractivity contribution in [3.8, 4) is 0 Å². The van der Waals surface area contributed by atoms with Crippen molar-refractivity contribution in [1.29, 1.82) is 0 Å². The van der Waals surface area contributed by atoms with Gasteiger partial charge >= 0.3 is 0 Å². The number of aromatic amines is 1. The molecule has 0 unspecified atom stereocenters. The van der Waals surface area contributed by atoms with Crippen molar-refractivity contribution in [2.24, 2.45) is 0 Å². The molecule has 1 aromatic heterocycles. The zero-order valence-electron chi connectivity index (χ0n) is 11.9. The van der Waals surface area contributed by atoms with Gasteiger partial charge in [-0.1, -0.05) is 0 Å². The largest absolute Gasteiger partial charge is 0.397 e. The van der Waals surface area contributed by atoms with E-state index >= 15 is 0 Å². The fourth-order valence-corrected chi connectivity index (χ4v) is 1.79. The van der Waals surface area contributed by atoms with Crippen LogP contribution in [0.3, 0.4) is 0 Å². The number of anilines is 2. The molecule has 0 bridgehead atoms. The number of hydrogen-bond acceptors (Lipinski definition) is 3. The summed E-state index contributed by atoms with van der Waals surface area (Å²) in [5.41, 5.74) is 7.58. The molecule has 2 aromatic rings. The summed E-state index contributed by atoms with van der Waals surface area (Å²) in [5.74, 6) is -0.425. The van der Waals surface area contributed by atoms with Crippen LogP contribution in [0.1, 0.15) is 34.7 Å². The van der Waals surface area contributed by atoms with E-state index in [4.69, 9.17) is 5.73 Å². The first kappa shape index (κ1) is 14.6. The monoisotopic (exact) mass is 286 g/mol. The van der Waals surface area contributed by atoms with Crippen LogP contribution in [-0.2, 0) is 0 Å². The Balaban J connectivity index is 2.02. The highest BCUT2D eigenvalue weighted by Crippen LogP contribution is 2.12. The molecule has 0 aliphatic rings. The van der Waals surface area contributed by atoms with Gasteiger partial charge in [0.25, 0.3) is 11.8 Å².